The summed E-state index contributed by atoms with van der Waals surface area (Å²) in [5, 5.41) is 11.9. The third-order valence-electron chi connectivity index (χ3n) is 3.97. The van der Waals surface area contributed by atoms with E-state index in [1.807, 2.05) is 11.8 Å². The predicted octanol–water partition coefficient (Wildman–Crippen LogP) is 1.69. The van der Waals surface area contributed by atoms with Gasteiger partial charge in [0.05, 0.1) is 18.7 Å². The highest BCUT2D eigenvalue weighted by Crippen LogP contribution is 2.17. The van der Waals surface area contributed by atoms with Crippen molar-refractivity contribution in [1.82, 2.24) is 10.2 Å². The van der Waals surface area contributed by atoms with Gasteiger partial charge in [-0.15, -0.1) is 0 Å². The molecule has 1 N–H and O–H groups in total. The Kier molecular flexibility index (Phi) is 8.24. The van der Waals surface area contributed by atoms with Crippen molar-refractivity contribution < 1.29 is 9.53 Å². The quantitative estimate of drug-likeness (QED) is 0.735. The highest BCUT2D eigenvalue weighted by Gasteiger charge is 2.23. The smallest absolute Gasteiger partial charge is 0.237 e. The standard InChI is InChI=1S/C15H27N3O2/c1-13(18(10-6-9-16)11-12-20-2)15(19)17-14-7-4-3-5-8-14/h13-14H,3-8,10-12H2,1-2H3,(H,17,19). The average molecular weight is 281 g/mol. The Bertz CT molecular complexity index is 322. The second-order valence-corrected chi connectivity index (χ2v) is 5.46. The molecule has 0 aliphatic heterocycles. The molecule has 0 spiro atoms. The lowest BCUT2D eigenvalue weighted by atomic mass is 9.95. The fraction of sp³-hybridized carbons (Fsp3) is 0.867. The molecule has 1 atom stereocenters. The minimum Gasteiger partial charge on any atom is -0.383 e. The molecular weight excluding hydrogens is 254 g/mol. The van der Waals surface area contributed by atoms with Gasteiger partial charge in [-0.1, -0.05) is 19.3 Å². The molecule has 1 unspecified atom stereocenters. The maximum atomic E-state index is 12.3. The van der Waals surface area contributed by atoms with Crippen molar-refractivity contribution in [2.24, 2.45) is 0 Å². The summed E-state index contributed by atoms with van der Waals surface area (Å²) in [5.41, 5.74) is 0. The number of nitrogens with zero attached hydrogens (tertiary/aromatic N) is 2. The number of amides is 1. The van der Waals surface area contributed by atoms with Crippen LogP contribution in [0, 0.1) is 11.3 Å². The third kappa shape index (κ3) is 5.89. The van der Waals surface area contributed by atoms with Gasteiger partial charge in [-0.05, 0) is 19.8 Å². The topological polar surface area (TPSA) is 65.4 Å². The van der Waals surface area contributed by atoms with Gasteiger partial charge in [0.25, 0.3) is 0 Å². The Labute approximate surface area is 122 Å². The van der Waals surface area contributed by atoms with Crippen molar-refractivity contribution in [3.05, 3.63) is 0 Å². The summed E-state index contributed by atoms with van der Waals surface area (Å²) in [4.78, 5) is 14.3. The summed E-state index contributed by atoms with van der Waals surface area (Å²) >= 11 is 0. The van der Waals surface area contributed by atoms with E-state index in [2.05, 4.69) is 11.4 Å². The molecule has 0 saturated heterocycles. The van der Waals surface area contributed by atoms with Crippen LogP contribution < -0.4 is 5.32 Å². The Hall–Kier alpha value is -1.12. The van der Waals surface area contributed by atoms with Gasteiger partial charge in [0.2, 0.25) is 5.91 Å². The second kappa shape index (κ2) is 9.73. The highest BCUT2D eigenvalue weighted by atomic mass is 16.5. The first-order valence-corrected chi connectivity index (χ1v) is 7.59. The molecule has 0 radical (unpaired) electrons. The molecule has 0 aromatic carbocycles. The molecule has 1 saturated carbocycles. The van der Waals surface area contributed by atoms with Gasteiger partial charge in [0, 0.05) is 32.7 Å². The van der Waals surface area contributed by atoms with E-state index in [0.717, 1.165) is 12.8 Å². The number of nitriles is 1. The Balaban J connectivity index is 2.45. The van der Waals surface area contributed by atoms with E-state index in [9.17, 15) is 4.79 Å². The minimum atomic E-state index is -0.208. The summed E-state index contributed by atoms with van der Waals surface area (Å²) in [6, 6.07) is 2.26. The van der Waals surface area contributed by atoms with E-state index in [-0.39, 0.29) is 11.9 Å². The zero-order chi connectivity index (χ0) is 14.8. The Morgan fingerprint density at radius 3 is 2.70 bits per heavy atom. The van der Waals surface area contributed by atoms with Gasteiger partial charge in [0.15, 0.2) is 0 Å². The van der Waals surface area contributed by atoms with Gasteiger partial charge in [-0.2, -0.15) is 5.26 Å². The van der Waals surface area contributed by atoms with E-state index < -0.39 is 0 Å². The summed E-state index contributed by atoms with van der Waals surface area (Å²) in [6.45, 7) is 3.77. The zero-order valence-electron chi connectivity index (χ0n) is 12.7. The lowest BCUT2D eigenvalue weighted by molar-refractivity contribution is -0.127. The van der Waals surface area contributed by atoms with Crippen LogP contribution >= 0.6 is 0 Å². The van der Waals surface area contributed by atoms with Crippen LogP contribution in [0.5, 0.6) is 0 Å². The van der Waals surface area contributed by atoms with Gasteiger partial charge >= 0.3 is 0 Å². The fourth-order valence-electron chi connectivity index (χ4n) is 2.64. The maximum Gasteiger partial charge on any atom is 0.237 e. The van der Waals surface area contributed by atoms with Gasteiger partial charge in [-0.25, -0.2) is 0 Å². The first kappa shape index (κ1) is 16.9. The number of rotatable bonds is 8. The molecule has 0 heterocycles. The maximum absolute atomic E-state index is 12.3. The van der Waals surface area contributed by atoms with Crippen molar-refractivity contribution in [3.8, 4) is 6.07 Å². The van der Waals surface area contributed by atoms with Crippen molar-refractivity contribution in [2.75, 3.05) is 26.8 Å². The van der Waals surface area contributed by atoms with E-state index >= 15 is 0 Å². The summed E-state index contributed by atoms with van der Waals surface area (Å²) in [6.07, 6.45) is 6.32. The van der Waals surface area contributed by atoms with E-state index in [1.165, 1.54) is 19.3 Å². The normalized spacial score (nSPS) is 17.7. The molecule has 20 heavy (non-hydrogen) atoms. The summed E-state index contributed by atoms with van der Waals surface area (Å²) < 4.78 is 5.08. The van der Waals surface area contributed by atoms with Crippen molar-refractivity contribution in [1.29, 1.82) is 5.26 Å². The monoisotopic (exact) mass is 281 g/mol. The molecule has 1 rings (SSSR count). The minimum absolute atomic E-state index is 0.0749. The fourth-order valence-corrected chi connectivity index (χ4v) is 2.64. The number of methoxy groups -OCH3 is 1. The highest BCUT2D eigenvalue weighted by molar-refractivity contribution is 5.81. The lowest BCUT2D eigenvalue weighted by Crippen LogP contribution is -2.49. The lowest BCUT2D eigenvalue weighted by Gasteiger charge is -2.30. The van der Waals surface area contributed by atoms with Crippen LogP contribution in [-0.4, -0.2) is 49.7 Å². The molecule has 114 valence electrons. The summed E-state index contributed by atoms with van der Waals surface area (Å²) in [7, 11) is 1.65. The molecule has 1 aliphatic rings. The first-order chi connectivity index (χ1) is 9.69. The van der Waals surface area contributed by atoms with Crippen LogP contribution in [0.15, 0.2) is 0 Å². The van der Waals surface area contributed by atoms with Crippen LogP contribution in [0.4, 0.5) is 0 Å². The molecule has 5 nitrogen and oxygen atoms in total. The van der Waals surface area contributed by atoms with E-state index in [4.69, 9.17) is 10.00 Å². The third-order valence-corrected chi connectivity index (χ3v) is 3.97. The predicted molar refractivity (Wildman–Crippen MR) is 78.2 cm³/mol. The van der Waals surface area contributed by atoms with Crippen molar-refractivity contribution in [3.63, 3.8) is 0 Å². The number of nitrogens with one attached hydrogen (secondary N) is 1. The van der Waals surface area contributed by atoms with Gasteiger partial charge in [-0.3, -0.25) is 9.69 Å². The Morgan fingerprint density at radius 2 is 2.10 bits per heavy atom. The van der Waals surface area contributed by atoms with Crippen LogP contribution in [0.3, 0.4) is 0 Å². The molecule has 0 bridgehead atoms. The molecule has 1 amide bonds. The first-order valence-electron chi connectivity index (χ1n) is 7.59. The number of hydrogen-bond acceptors (Lipinski definition) is 4. The second-order valence-electron chi connectivity index (χ2n) is 5.46. The molecular formula is C15H27N3O2. The zero-order valence-corrected chi connectivity index (χ0v) is 12.7. The largest absolute Gasteiger partial charge is 0.383 e. The molecule has 5 heteroatoms. The number of hydrogen-bond donors (Lipinski definition) is 1. The van der Waals surface area contributed by atoms with E-state index in [1.54, 1.807) is 7.11 Å². The van der Waals surface area contributed by atoms with Gasteiger partial charge < -0.3 is 10.1 Å². The average Bonchev–Trinajstić information content (AvgIpc) is 2.48. The van der Waals surface area contributed by atoms with Crippen LogP contribution in [0.2, 0.25) is 0 Å². The van der Waals surface area contributed by atoms with Crippen molar-refractivity contribution >= 4 is 5.91 Å². The van der Waals surface area contributed by atoms with Crippen molar-refractivity contribution in [2.45, 2.75) is 57.5 Å². The summed E-state index contributed by atoms with van der Waals surface area (Å²) in [5.74, 6) is 0.0749. The SMILES string of the molecule is COCCN(CCC#N)C(C)C(=O)NC1CCCCC1. The van der Waals surface area contributed by atoms with Gasteiger partial charge in [0.1, 0.15) is 0 Å². The molecule has 1 aliphatic carbocycles. The molecule has 0 aromatic rings. The molecule has 1 fully saturated rings. The number of ether oxygens (including phenoxy) is 1. The van der Waals surface area contributed by atoms with Crippen LogP contribution in [-0.2, 0) is 9.53 Å². The Morgan fingerprint density at radius 1 is 1.40 bits per heavy atom. The van der Waals surface area contributed by atoms with Crippen LogP contribution in [0.25, 0.3) is 0 Å². The van der Waals surface area contributed by atoms with E-state index in [0.29, 0.717) is 32.2 Å². The number of carbonyl (C=O) groups is 1. The molecule has 0 aromatic heterocycles. The van der Waals surface area contributed by atoms with Crippen LogP contribution in [0.1, 0.15) is 45.4 Å². The number of carbonyl (C=O) groups excluding carboxylic acids is 1.